The van der Waals surface area contributed by atoms with Gasteiger partial charge in [-0.1, -0.05) is 0 Å². The molecule has 0 bridgehead atoms. The van der Waals surface area contributed by atoms with Crippen molar-refractivity contribution >= 4 is 17.0 Å². The molecule has 0 radical (unpaired) electrons. The molecule has 0 fully saturated rings. The Balaban J connectivity index is 2.31. The van der Waals surface area contributed by atoms with Crippen LogP contribution >= 0.6 is 0 Å². The Morgan fingerprint density at radius 3 is 3.19 bits per heavy atom. The van der Waals surface area contributed by atoms with Crippen LogP contribution in [0.5, 0.6) is 0 Å². The molecule has 0 atom stereocenters. The van der Waals surface area contributed by atoms with E-state index in [1.807, 2.05) is 6.92 Å². The van der Waals surface area contributed by atoms with E-state index in [2.05, 4.69) is 14.9 Å². The van der Waals surface area contributed by atoms with E-state index in [1.54, 1.807) is 6.07 Å². The predicted molar refractivity (Wildman–Crippen MR) is 62.2 cm³/mol. The van der Waals surface area contributed by atoms with E-state index in [0.717, 1.165) is 48.5 Å². The number of imidazole rings is 1. The van der Waals surface area contributed by atoms with E-state index in [1.165, 1.54) is 6.07 Å². The zero-order chi connectivity index (χ0) is 11.1. The maximum atomic E-state index is 13.7. The van der Waals surface area contributed by atoms with Crippen molar-refractivity contribution in [3.63, 3.8) is 0 Å². The molecule has 0 amide bonds. The number of hydrogen-bond acceptors (Lipinski definition) is 2. The molecule has 84 valence electrons. The summed E-state index contributed by atoms with van der Waals surface area (Å²) in [5.41, 5.74) is 2.69. The van der Waals surface area contributed by atoms with Crippen LogP contribution < -0.4 is 5.32 Å². The number of aromatic nitrogens is 2. The maximum Gasteiger partial charge on any atom is 0.203 e. The molecule has 1 aliphatic rings. The van der Waals surface area contributed by atoms with Crippen LogP contribution in [-0.2, 0) is 13.0 Å². The van der Waals surface area contributed by atoms with Gasteiger partial charge in [-0.2, -0.15) is 0 Å². The second kappa shape index (κ2) is 3.47. The SMILES string of the molecule is CCNc1nc2ccc(F)c3c2n1CCC3. The molecule has 1 aliphatic heterocycles. The van der Waals surface area contributed by atoms with Crippen LogP contribution in [0.4, 0.5) is 10.3 Å². The molecule has 0 unspecified atom stereocenters. The van der Waals surface area contributed by atoms with Gasteiger partial charge in [-0.25, -0.2) is 9.37 Å². The molecule has 3 nitrogen and oxygen atoms in total. The first-order chi connectivity index (χ1) is 7.81. The number of aryl methyl sites for hydroxylation is 2. The molecular weight excluding hydrogens is 205 g/mol. The average Bonchev–Trinajstić information content (AvgIpc) is 2.65. The summed E-state index contributed by atoms with van der Waals surface area (Å²) in [4.78, 5) is 4.50. The van der Waals surface area contributed by atoms with E-state index in [4.69, 9.17) is 0 Å². The first-order valence-corrected chi connectivity index (χ1v) is 5.72. The fourth-order valence-electron chi connectivity index (χ4n) is 2.43. The van der Waals surface area contributed by atoms with Crippen LogP contribution in [0.1, 0.15) is 18.9 Å². The lowest BCUT2D eigenvalue weighted by Gasteiger charge is -2.17. The standard InChI is InChI=1S/C12H14FN3/c1-2-14-12-15-10-6-5-9(13)8-4-3-7-16(12)11(8)10/h5-6H,2-4,7H2,1H3,(H,14,15). The molecule has 0 saturated carbocycles. The number of benzene rings is 1. The van der Waals surface area contributed by atoms with E-state index >= 15 is 0 Å². The highest BCUT2D eigenvalue weighted by molar-refractivity contribution is 5.82. The maximum absolute atomic E-state index is 13.7. The minimum Gasteiger partial charge on any atom is -0.356 e. The molecule has 0 aliphatic carbocycles. The summed E-state index contributed by atoms with van der Waals surface area (Å²) in [5.74, 6) is 0.764. The summed E-state index contributed by atoms with van der Waals surface area (Å²) in [7, 11) is 0. The third-order valence-corrected chi connectivity index (χ3v) is 3.10. The lowest BCUT2D eigenvalue weighted by Crippen LogP contribution is -2.12. The number of anilines is 1. The molecule has 0 saturated heterocycles. The van der Waals surface area contributed by atoms with Crippen molar-refractivity contribution in [1.82, 2.24) is 9.55 Å². The number of hydrogen-bond donors (Lipinski definition) is 1. The molecule has 1 N–H and O–H groups in total. The number of rotatable bonds is 2. The van der Waals surface area contributed by atoms with Gasteiger partial charge in [0.15, 0.2) is 0 Å². The van der Waals surface area contributed by atoms with Gasteiger partial charge in [0, 0.05) is 18.7 Å². The first-order valence-electron chi connectivity index (χ1n) is 5.72. The third-order valence-electron chi connectivity index (χ3n) is 3.10. The summed E-state index contributed by atoms with van der Waals surface area (Å²) in [5, 5.41) is 3.23. The van der Waals surface area contributed by atoms with E-state index in [-0.39, 0.29) is 5.82 Å². The van der Waals surface area contributed by atoms with Crippen molar-refractivity contribution in [1.29, 1.82) is 0 Å². The minimum absolute atomic E-state index is 0.101. The zero-order valence-corrected chi connectivity index (χ0v) is 9.26. The Hall–Kier alpha value is -1.58. The highest BCUT2D eigenvalue weighted by atomic mass is 19.1. The normalized spacial score (nSPS) is 14.4. The van der Waals surface area contributed by atoms with Gasteiger partial charge in [-0.05, 0) is 31.9 Å². The van der Waals surface area contributed by atoms with Gasteiger partial charge in [0.05, 0.1) is 11.0 Å². The van der Waals surface area contributed by atoms with Gasteiger partial charge in [0.1, 0.15) is 5.82 Å². The summed E-state index contributed by atoms with van der Waals surface area (Å²) >= 11 is 0. The topological polar surface area (TPSA) is 29.9 Å². The van der Waals surface area contributed by atoms with Crippen LogP contribution in [0, 0.1) is 5.82 Å². The molecule has 0 spiro atoms. The fourth-order valence-corrected chi connectivity index (χ4v) is 2.43. The van der Waals surface area contributed by atoms with E-state index in [0.29, 0.717) is 0 Å². The van der Waals surface area contributed by atoms with Gasteiger partial charge in [0.2, 0.25) is 5.95 Å². The molecule has 1 aromatic heterocycles. The van der Waals surface area contributed by atoms with E-state index < -0.39 is 0 Å². The highest BCUT2D eigenvalue weighted by Gasteiger charge is 2.20. The van der Waals surface area contributed by atoms with Crippen molar-refractivity contribution in [2.45, 2.75) is 26.3 Å². The van der Waals surface area contributed by atoms with Gasteiger partial charge >= 0.3 is 0 Å². The molecule has 3 rings (SSSR count). The molecule has 2 heterocycles. The van der Waals surface area contributed by atoms with Crippen molar-refractivity contribution in [2.75, 3.05) is 11.9 Å². The number of nitrogens with one attached hydrogen (secondary N) is 1. The lowest BCUT2D eigenvalue weighted by molar-refractivity contribution is 0.575. The number of nitrogens with zero attached hydrogens (tertiary/aromatic N) is 2. The lowest BCUT2D eigenvalue weighted by atomic mass is 10.0. The summed E-state index contributed by atoms with van der Waals surface area (Å²) < 4.78 is 15.8. The van der Waals surface area contributed by atoms with Gasteiger partial charge in [-0.3, -0.25) is 0 Å². The highest BCUT2D eigenvalue weighted by Crippen LogP contribution is 2.30. The Kier molecular flexibility index (Phi) is 2.09. The van der Waals surface area contributed by atoms with Gasteiger partial charge in [-0.15, -0.1) is 0 Å². The Labute approximate surface area is 93.3 Å². The Morgan fingerprint density at radius 1 is 1.50 bits per heavy atom. The summed E-state index contributed by atoms with van der Waals surface area (Å²) in [6.07, 6.45) is 1.80. The van der Waals surface area contributed by atoms with Crippen LogP contribution in [0.15, 0.2) is 12.1 Å². The van der Waals surface area contributed by atoms with Crippen molar-refractivity contribution < 1.29 is 4.39 Å². The number of halogens is 1. The van der Waals surface area contributed by atoms with Crippen LogP contribution in [-0.4, -0.2) is 16.1 Å². The third kappa shape index (κ3) is 1.22. The fraction of sp³-hybridized carbons (Fsp3) is 0.417. The second-order valence-electron chi connectivity index (χ2n) is 4.11. The predicted octanol–water partition coefficient (Wildman–Crippen LogP) is 2.55. The zero-order valence-electron chi connectivity index (χ0n) is 9.26. The van der Waals surface area contributed by atoms with E-state index in [9.17, 15) is 4.39 Å². The monoisotopic (exact) mass is 219 g/mol. The smallest absolute Gasteiger partial charge is 0.203 e. The first kappa shape index (κ1) is 9.63. The quantitative estimate of drug-likeness (QED) is 0.841. The van der Waals surface area contributed by atoms with Crippen molar-refractivity contribution in [2.24, 2.45) is 0 Å². The van der Waals surface area contributed by atoms with Crippen LogP contribution in [0.25, 0.3) is 11.0 Å². The summed E-state index contributed by atoms with van der Waals surface area (Å²) in [6.45, 7) is 3.80. The molecule has 2 aromatic rings. The van der Waals surface area contributed by atoms with Crippen LogP contribution in [0.3, 0.4) is 0 Å². The van der Waals surface area contributed by atoms with Crippen molar-refractivity contribution in [3.8, 4) is 0 Å². The largest absolute Gasteiger partial charge is 0.356 e. The Bertz CT molecular complexity index is 545. The van der Waals surface area contributed by atoms with Gasteiger partial charge in [0.25, 0.3) is 0 Å². The Morgan fingerprint density at radius 2 is 2.38 bits per heavy atom. The molecule has 16 heavy (non-hydrogen) atoms. The summed E-state index contributed by atoms with van der Waals surface area (Å²) in [6, 6.07) is 3.28. The molecular formula is C12H14FN3. The molecule has 1 aromatic carbocycles. The minimum atomic E-state index is -0.101. The van der Waals surface area contributed by atoms with Crippen molar-refractivity contribution in [3.05, 3.63) is 23.5 Å². The average molecular weight is 219 g/mol. The van der Waals surface area contributed by atoms with Gasteiger partial charge < -0.3 is 9.88 Å². The van der Waals surface area contributed by atoms with Crippen LogP contribution in [0.2, 0.25) is 0 Å². The molecule has 4 heteroatoms. The second-order valence-corrected chi connectivity index (χ2v) is 4.11.